The summed E-state index contributed by atoms with van der Waals surface area (Å²) >= 11 is 28.7. The monoisotopic (exact) mass is 3200 g/mol. The molecule has 0 aliphatic carbocycles. The van der Waals surface area contributed by atoms with Crippen LogP contribution in [0.4, 0.5) is 0 Å². The molecule has 4 radical (unpaired) electrons. The summed E-state index contributed by atoms with van der Waals surface area (Å²) < 4.78 is 30.8. The van der Waals surface area contributed by atoms with Gasteiger partial charge in [-0.05, 0) is 0 Å². The van der Waals surface area contributed by atoms with E-state index >= 15 is 0 Å². The molecule has 0 unspecified atom stereocenters. The molecule has 0 heterocycles. The van der Waals surface area contributed by atoms with E-state index in [1.807, 2.05) is 78.7 Å². The van der Waals surface area contributed by atoms with E-state index in [0.717, 1.165) is 105 Å². The predicted octanol–water partition coefficient (Wildman–Crippen LogP) is 5.51. The summed E-state index contributed by atoms with van der Waals surface area (Å²) in [7, 11) is 0. The zero-order valence-corrected chi connectivity index (χ0v) is 99.3. The van der Waals surface area contributed by atoms with Crippen LogP contribution in [0.5, 0.6) is 0 Å². The molecule has 30 heteroatoms. The van der Waals surface area contributed by atoms with E-state index < -0.39 is 54.7 Å². The van der Waals surface area contributed by atoms with Crippen LogP contribution in [0.3, 0.4) is 0 Å². The summed E-state index contributed by atoms with van der Waals surface area (Å²) in [4.78, 5) is 0. The molecule has 0 aliphatic heterocycles. The van der Waals surface area contributed by atoms with Gasteiger partial charge in [0.15, 0.2) is 0 Å². The van der Waals surface area contributed by atoms with Crippen molar-refractivity contribution in [2.24, 2.45) is 0 Å². The molecule has 0 aromatic rings. The number of halogens is 11. The molecule has 0 aromatic carbocycles. The van der Waals surface area contributed by atoms with Crippen molar-refractivity contribution < 1.29 is 176 Å². The van der Waals surface area contributed by atoms with Gasteiger partial charge in [-0.1, -0.05) is 29.7 Å². The van der Waals surface area contributed by atoms with Gasteiger partial charge in [-0.25, -0.2) is 0 Å². The van der Waals surface area contributed by atoms with Crippen molar-refractivity contribution in [1.82, 2.24) is 0 Å². The molecular formula is C4H30Ac4Ga11I11N4-4. The molecule has 0 rings (SSSR count). The van der Waals surface area contributed by atoms with Crippen LogP contribution < -0.4 is 0 Å². The van der Waals surface area contributed by atoms with Gasteiger partial charge in [-0.3, -0.25) is 0 Å². The third-order valence-electron chi connectivity index (χ3n) is 0. The van der Waals surface area contributed by atoms with Crippen LogP contribution in [-0.2, 0) is 0 Å². The summed E-state index contributed by atoms with van der Waals surface area (Å²) in [6.07, 6.45) is 0. The molecule has 0 bridgehead atoms. The van der Waals surface area contributed by atoms with E-state index in [1.54, 1.807) is 0 Å². The van der Waals surface area contributed by atoms with Crippen molar-refractivity contribution in [3.05, 3.63) is 16.3 Å². The van der Waals surface area contributed by atoms with Crippen LogP contribution in [0.2, 0.25) is 0 Å². The van der Waals surface area contributed by atoms with Gasteiger partial charge in [0.1, 0.15) is 0 Å². The molecule has 0 fully saturated rings. The SMILES string of the molecule is C.C.C.C.[Ac].[Ac].[Ac].[Ac].[GaH2][I].[GaH2][I].[GaH2][I].[GaH2][I].[GaH2][I].[GaH2][I].[GaH2][I].[N-]=[Ga][I].[N-]=[Ga][I].[N-]=[Ga][I].[N-]=[Ga][I]. The molecule has 0 saturated heterocycles. The second-order valence-corrected chi connectivity index (χ2v) is 13.6. The first-order chi connectivity index (χ1) is 12.7. The van der Waals surface area contributed by atoms with Crippen LogP contribution in [0.1, 0.15) is 29.7 Å². The minimum atomic E-state index is -0.718. The average Bonchev–Trinajstić information content (AvgIpc) is 2.75. The fourth-order valence-corrected chi connectivity index (χ4v) is 0. The second-order valence-electron chi connectivity index (χ2n) is 0.390. The maximum atomic E-state index is 7.71. The third kappa shape index (κ3) is 338. The number of hydrogen-bond acceptors (Lipinski definition) is 0. The zero-order valence-electron chi connectivity index (χ0n) is 17.6. The molecule has 34 heavy (non-hydrogen) atoms. The van der Waals surface area contributed by atoms with Crippen molar-refractivity contribution in [2.75, 3.05) is 0 Å². The van der Waals surface area contributed by atoms with Crippen molar-refractivity contribution in [3.63, 3.8) is 0 Å². The molecule has 0 saturated carbocycles. The van der Waals surface area contributed by atoms with Crippen LogP contribution in [-0.4, -0.2) is 160 Å². The van der Waals surface area contributed by atoms with Gasteiger partial charge >= 0.3 is 393 Å². The fraction of sp³-hybridized carbons (Fsp3) is 1.00. The normalized spacial score (nSPS) is 2.09. The van der Waals surface area contributed by atoms with Crippen molar-refractivity contribution in [1.29, 1.82) is 0 Å². The zero-order chi connectivity index (χ0) is 24.8. The van der Waals surface area contributed by atoms with E-state index in [0.29, 0.717) is 0 Å². The summed E-state index contributed by atoms with van der Waals surface area (Å²) in [5, 5.41) is 0. The summed E-state index contributed by atoms with van der Waals surface area (Å²) in [5.41, 5.74) is 0. The number of hydrogen-bond donors (Lipinski definition) is 0. The maximum absolute atomic E-state index is 7.71. The van der Waals surface area contributed by atoms with Gasteiger partial charge in [0.05, 0.1) is 0 Å². The minimum absolute atomic E-state index is 0. The average molecular weight is 3210 g/mol. The molecule has 0 aliphatic rings. The second kappa shape index (κ2) is 249. The topological polar surface area (TPSA) is 89.2 Å². The Morgan fingerprint density at radius 1 is 0.294 bits per heavy atom. The molecule has 0 atom stereocenters. The van der Waals surface area contributed by atoms with Crippen LogP contribution in [0.25, 0.3) is 16.3 Å². The van der Waals surface area contributed by atoms with Crippen molar-refractivity contribution in [2.45, 2.75) is 29.7 Å². The first kappa shape index (κ1) is 124. The quantitative estimate of drug-likeness (QED) is 0.227. The molecule has 0 N–H and O–H groups in total. The number of rotatable bonds is 0. The van der Waals surface area contributed by atoms with Gasteiger partial charge in [0.25, 0.3) is 0 Å². The molecule has 4 nitrogen and oxygen atoms in total. The molecule has 0 aromatic heterocycles. The summed E-state index contributed by atoms with van der Waals surface area (Å²) in [5.74, 6) is 0. The summed E-state index contributed by atoms with van der Waals surface area (Å²) in [6, 6.07) is 0. The Hall–Kier alpha value is 20.0. The third-order valence-corrected chi connectivity index (χ3v) is 0. The Labute approximate surface area is 576 Å². The standard InChI is InChI=1S/4CH4.4Ac.11Ga.11HI.4N.14H/h4*1H4;;;;;;;;;;;;;;;;11*1H;;;;;;;;;;;;;;;;;;/q;;;;;;;;11*+1;;;;;;;;;;;;4*-1;;;;;;;;;;;;;;/p-11. The van der Waals surface area contributed by atoms with Crippen LogP contribution in [0.15, 0.2) is 0 Å². The van der Waals surface area contributed by atoms with E-state index in [4.69, 9.17) is 16.3 Å². The van der Waals surface area contributed by atoms with E-state index in [2.05, 4.69) is 138 Å². The Morgan fingerprint density at radius 3 is 0.294 bits per heavy atom. The van der Waals surface area contributed by atoms with Gasteiger partial charge < -0.3 is 0 Å². The van der Waals surface area contributed by atoms with Crippen molar-refractivity contribution >= 4 is 376 Å². The Kier molecular flexibility index (Phi) is 906. The van der Waals surface area contributed by atoms with Crippen molar-refractivity contribution in [3.8, 4) is 0 Å². The predicted molar refractivity (Wildman–Crippen MR) is 277 cm³/mol. The van der Waals surface area contributed by atoms with Crippen LogP contribution >= 0.6 is 216 Å². The molecule has 0 amide bonds. The van der Waals surface area contributed by atoms with Gasteiger partial charge in [0.2, 0.25) is 0 Å². The fourth-order valence-electron chi connectivity index (χ4n) is 0. The summed E-state index contributed by atoms with van der Waals surface area (Å²) in [6.45, 7) is 0. The van der Waals surface area contributed by atoms with E-state index in [9.17, 15) is 0 Å². The Balaban J connectivity index is -0.00000000421. The molecule has 0 spiro atoms. The molecular weight excluding hydrogens is 3170 g/mol. The molecule has 192 valence electrons. The number of nitrogens with zero attached hydrogens (tertiary/aromatic N) is 4. The first-order valence-electron chi connectivity index (χ1n) is 4.55. The van der Waals surface area contributed by atoms with Gasteiger partial charge in [-0.2, -0.15) is 0 Å². The van der Waals surface area contributed by atoms with Crippen LogP contribution in [0, 0.1) is 176 Å². The van der Waals surface area contributed by atoms with E-state index in [1.165, 1.54) is 0 Å². The van der Waals surface area contributed by atoms with Gasteiger partial charge in [0, 0.05) is 176 Å². The Bertz CT molecular complexity index is 127. The Morgan fingerprint density at radius 2 is 0.294 bits per heavy atom. The van der Waals surface area contributed by atoms with E-state index in [-0.39, 0.29) is 206 Å². The van der Waals surface area contributed by atoms with Gasteiger partial charge in [-0.15, -0.1) is 0 Å². The first-order valence-corrected chi connectivity index (χ1v) is 128.